The third-order valence-corrected chi connectivity index (χ3v) is 4.69. The molecule has 0 aliphatic heterocycles. The lowest BCUT2D eigenvalue weighted by Crippen LogP contribution is -2.43. The monoisotopic (exact) mass is 403 g/mol. The van der Waals surface area contributed by atoms with Crippen molar-refractivity contribution in [3.05, 3.63) is 74.1 Å². The summed E-state index contributed by atoms with van der Waals surface area (Å²) in [5, 5.41) is 3.31. The Balaban J connectivity index is 2.33. The quantitative estimate of drug-likeness (QED) is 0.711. The van der Waals surface area contributed by atoms with E-state index in [9.17, 15) is 18.8 Å². The van der Waals surface area contributed by atoms with Crippen molar-refractivity contribution in [3.63, 3.8) is 0 Å². The topological polar surface area (TPSA) is 73.1 Å². The number of amides is 1. The second-order valence-electron chi connectivity index (χ2n) is 6.40. The van der Waals surface area contributed by atoms with E-state index in [1.807, 2.05) is 6.92 Å². The fourth-order valence-electron chi connectivity index (χ4n) is 3.01. The number of halogens is 2. The molecule has 2 aromatic carbocycles. The van der Waals surface area contributed by atoms with Crippen LogP contribution in [0.25, 0.3) is 16.6 Å². The molecule has 1 heterocycles. The molecule has 0 fully saturated rings. The molecule has 0 unspecified atom stereocenters. The van der Waals surface area contributed by atoms with Crippen LogP contribution in [0.2, 0.25) is 5.02 Å². The lowest BCUT2D eigenvalue weighted by Gasteiger charge is -2.19. The maximum Gasteiger partial charge on any atom is 0.336 e. The zero-order valence-electron chi connectivity index (χ0n) is 15.4. The fraction of sp³-hybridized carbons (Fsp3) is 0.250. The highest BCUT2D eigenvalue weighted by molar-refractivity contribution is 6.31. The number of fused-ring (bicyclic) bond motifs is 1. The molecule has 1 aromatic heterocycles. The number of nitrogens with zero attached hydrogens (tertiary/aromatic N) is 2. The van der Waals surface area contributed by atoms with Crippen LogP contribution in [-0.4, -0.2) is 21.6 Å². The largest absolute Gasteiger partial charge is 0.354 e. The predicted molar refractivity (Wildman–Crippen MR) is 107 cm³/mol. The highest BCUT2D eigenvalue weighted by Gasteiger charge is 2.22. The summed E-state index contributed by atoms with van der Waals surface area (Å²) >= 11 is 6.07. The van der Waals surface area contributed by atoms with Crippen molar-refractivity contribution in [2.45, 2.75) is 26.3 Å². The molecule has 0 spiro atoms. The van der Waals surface area contributed by atoms with Crippen molar-refractivity contribution in [2.75, 3.05) is 6.54 Å². The smallest absolute Gasteiger partial charge is 0.336 e. The first kappa shape index (κ1) is 19.8. The minimum atomic E-state index is -0.882. The van der Waals surface area contributed by atoms with Crippen LogP contribution in [0.5, 0.6) is 0 Å². The van der Waals surface area contributed by atoms with E-state index in [2.05, 4.69) is 5.32 Å². The van der Waals surface area contributed by atoms with Crippen LogP contribution in [0, 0.1) is 5.82 Å². The van der Waals surface area contributed by atoms with Gasteiger partial charge in [-0.05, 0) is 55.8 Å². The van der Waals surface area contributed by atoms with Crippen molar-refractivity contribution in [1.29, 1.82) is 0 Å². The van der Waals surface area contributed by atoms with Gasteiger partial charge >= 0.3 is 5.69 Å². The number of rotatable bonds is 5. The minimum absolute atomic E-state index is 0.211. The summed E-state index contributed by atoms with van der Waals surface area (Å²) in [6, 6.07) is 8.65. The Morgan fingerprint density at radius 3 is 2.50 bits per heavy atom. The van der Waals surface area contributed by atoms with Crippen molar-refractivity contribution in [2.24, 2.45) is 0 Å². The molecule has 1 atom stereocenters. The molecule has 3 rings (SSSR count). The normalized spacial score (nSPS) is 12.1. The second kappa shape index (κ2) is 7.98. The maximum atomic E-state index is 13.3. The number of carbonyl (C=O) groups is 1. The van der Waals surface area contributed by atoms with E-state index in [4.69, 9.17) is 11.6 Å². The molecule has 0 radical (unpaired) electrons. The van der Waals surface area contributed by atoms with Gasteiger partial charge < -0.3 is 5.32 Å². The molecule has 1 N–H and O–H groups in total. The molecule has 0 saturated heterocycles. The van der Waals surface area contributed by atoms with Gasteiger partial charge in [0.15, 0.2) is 0 Å². The summed E-state index contributed by atoms with van der Waals surface area (Å²) in [6.45, 7) is 3.96. The lowest BCUT2D eigenvalue weighted by atomic mass is 10.2. The van der Waals surface area contributed by atoms with Gasteiger partial charge in [0.2, 0.25) is 5.91 Å². The summed E-state index contributed by atoms with van der Waals surface area (Å²) in [5.74, 6) is -0.841. The number of benzene rings is 2. The average Bonchev–Trinajstić information content (AvgIpc) is 2.67. The summed E-state index contributed by atoms with van der Waals surface area (Å²) in [7, 11) is 0. The molecule has 28 heavy (non-hydrogen) atoms. The van der Waals surface area contributed by atoms with Crippen LogP contribution >= 0.6 is 11.6 Å². The standard InChI is InChI=1S/C20H19ClFN3O3/c1-3-10-23-18(26)12(2)24-17-11-13(21)4-9-16(17)19(27)25(20(24)28)15-7-5-14(22)6-8-15/h4-9,11-12H,3,10H2,1-2H3,(H,23,26)/t12-/m0/s1. The van der Waals surface area contributed by atoms with Crippen molar-refractivity contribution in [3.8, 4) is 5.69 Å². The summed E-state index contributed by atoms with van der Waals surface area (Å²) in [4.78, 5) is 38.7. The fourth-order valence-corrected chi connectivity index (χ4v) is 3.17. The highest BCUT2D eigenvalue weighted by Crippen LogP contribution is 2.19. The van der Waals surface area contributed by atoms with E-state index >= 15 is 0 Å². The van der Waals surface area contributed by atoms with Crippen LogP contribution in [0.15, 0.2) is 52.1 Å². The zero-order valence-corrected chi connectivity index (χ0v) is 16.2. The van der Waals surface area contributed by atoms with Crippen LogP contribution in [0.1, 0.15) is 26.3 Å². The molecular formula is C20H19ClFN3O3. The van der Waals surface area contributed by atoms with Crippen molar-refractivity contribution >= 4 is 28.4 Å². The van der Waals surface area contributed by atoms with E-state index in [1.54, 1.807) is 6.92 Å². The van der Waals surface area contributed by atoms with E-state index in [0.717, 1.165) is 23.1 Å². The molecule has 6 nitrogen and oxygen atoms in total. The Morgan fingerprint density at radius 1 is 1.18 bits per heavy atom. The molecule has 0 aliphatic rings. The molecule has 0 saturated carbocycles. The van der Waals surface area contributed by atoms with Crippen molar-refractivity contribution in [1.82, 2.24) is 14.5 Å². The zero-order chi connectivity index (χ0) is 20.4. The summed E-state index contributed by atoms with van der Waals surface area (Å²) in [6.07, 6.45) is 0.745. The Kier molecular flexibility index (Phi) is 5.65. The first-order chi connectivity index (χ1) is 13.3. The first-order valence-corrected chi connectivity index (χ1v) is 9.23. The third kappa shape index (κ3) is 3.57. The van der Waals surface area contributed by atoms with E-state index in [0.29, 0.717) is 11.6 Å². The molecule has 146 valence electrons. The lowest BCUT2D eigenvalue weighted by molar-refractivity contribution is -0.123. The molecule has 8 heteroatoms. The van der Waals surface area contributed by atoms with Gasteiger partial charge in [0.25, 0.3) is 5.56 Å². The van der Waals surface area contributed by atoms with Crippen LogP contribution < -0.4 is 16.6 Å². The van der Waals surface area contributed by atoms with E-state index in [-0.39, 0.29) is 22.5 Å². The van der Waals surface area contributed by atoms with E-state index in [1.165, 1.54) is 34.9 Å². The first-order valence-electron chi connectivity index (χ1n) is 8.85. The van der Waals surface area contributed by atoms with Crippen LogP contribution in [0.4, 0.5) is 4.39 Å². The highest BCUT2D eigenvalue weighted by atomic mass is 35.5. The van der Waals surface area contributed by atoms with Gasteiger partial charge in [-0.15, -0.1) is 0 Å². The van der Waals surface area contributed by atoms with Gasteiger partial charge in [-0.25, -0.2) is 13.8 Å². The minimum Gasteiger partial charge on any atom is -0.354 e. The van der Waals surface area contributed by atoms with E-state index < -0.39 is 23.1 Å². The predicted octanol–water partition coefficient (Wildman–Crippen LogP) is 3.03. The summed E-state index contributed by atoms with van der Waals surface area (Å²) in [5.41, 5.74) is -0.797. The Hall–Kier alpha value is -2.93. The number of nitrogens with one attached hydrogen (secondary N) is 1. The summed E-state index contributed by atoms with van der Waals surface area (Å²) < 4.78 is 15.5. The molecule has 3 aromatic rings. The molecule has 1 amide bonds. The van der Waals surface area contributed by atoms with Crippen molar-refractivity contribution < 1.29 is 9.18 Å². The van der Waals surface area contributed by atoms with Crippen LogP contribution in [-0.2, 0) is 4.79 Å². The van der Waals surface area contributed by atoms with Gasteiger partial charge in [0.05, 0.1) is 16.6 Å². The molecular weight excluding hydrogens is 385 g/mol. The third-order valence-electron chi connectivity index (χ3n) is 4.45. The Labute approximate surface area is 165 Å². The van der Waals surface area contributed by atoms with Gasteiger partial charge in [-0.3, -0.25) is 14.2 Å². The SMILES string of the molecule is CCCNC(=O)[C@H](C)n1c(=O)n(-c2ccc(F)cc2)c(=O)c2ccc(Cl)cc21. The Morgan fingerprint density at radius 2 is 1.86 bits per heavy atom. The van der Waals surface area contributed by atoms with Gasteiger partial charge in [0.1, 0.15) is 11.9 Å². The molecule has 0 aliphatic carbocycles. The Bertz CT molecular complexity index is 1150. The van der Waals surface area contributed by atoms with Gasteiger partial charge in [0, 0.05) is 11.6 Å². The number of hydrogen-bond acceptors (Lipinski definition) is 3. The number of aromatic nitrogens is 2. The van der Waals surface area contributed by atoms with Crippen LogP contribution in [0.3, 0.4) is 0 Å². The average molecular weight is 404 g/mol. The number of hydrogen-bond donors (Lipinski definition) is 1. The van der Waals surface area contributed by atoms with Gasteiger partial charge in [-0.1, -0.05) is 18.5 Å². The second-order valence-corrected chi connectivity index (χ2v) is 6.83. The molecule has 0 bridgehead atoms. The number of carbonyl (C=O) groups excluding carboxylic acids is 1. The maximum absolute atomic E-state index is 13.3. The van der Waals surface area contributed by atoms with Gasteiger partial charge in [-0.2, -0.15) is 0 Å².